The molecule has 6 nitrogen and oxygen atoms in total. The van der Waals surface area contributed by atoms with Gasteiger partial charge >= 0.3 is 0 Å². The predicted octanol–water partition coefficient (Wildman–Crippen LogP) is 0.435. The number of imide groups is 1. The van der Waals surface area contributed by atoms with E-state index in [0.29, 0.717) is 31.5 Å². The summed E-state index contributed by atoms with van der Waals surface area (Å²) in [5.74, 6) is -1.15. The molecule has 3 amide bonds. The van der Waals surface area contributed by atoms with Gasteiger partial charge in [-0.25, -0.2) is 4.39 Å². The molecule has 0 saturated carbocycles. The zero-order valence-corrected chi connectivity index (χ0v) is 12.5. The number of nitrogens with one attached hydrogen (secondary N) is 2. The van der Waals surface area contributed by atoms with Gasteiger partial charge in [0.05, 0.1) is 12.5 Å². The standard InChI is InChI=1S/C16H18FN3O3/c17-11-3-1-2-10(8-11)16(23)20-6-4-12(5-7-20)18-13-9-14(21)19-15(13)22/h1-3,8,12-13,18H,4-7,9H2,(H,19,21,22)/t13-/m0/s1. The van der Waals surface area contributed by atoms with Crippen LogP contribution in [0.5, 0.6) is 0 Å². The van der Waals surface area contributed by atoms with Crippen molar-refractivity contribution in [2.45, 2.75) is 31.3 Å². The molecule has 0 bridgehead atoms. The molecule has 7 heteroatoms. The number of benzene rings is 1. The number of hydrogen-bond acceptors (Lipinski definition) is 4. The molecule has 2 fully saturated rings. The van der Waals surface area contributed by atoms with Crippen LogP contribution in [0.1, 0.15) is 29.6 Å². The third kappa shape index (κ3) is 3.56. The summed E-state index contributed by atoms with van der Waals surface area (Å²) in [6, 6.07) is 5.28. The molecule has 122 valence electrons. The lowest BCUT2D eigenvalue weighted by molar-refractivity contribution is -0.125. The summed E-state index contributed by atoms with van der Waals surface area (Å²) < 4.78 is 13.2. The van der Waals surface area contributed by atoms with Crippen molar-refractivity contribution in [3.05, 3.63) is 35.6 Å². The lowest BCUT2D eigenvalue weighted by Gasteiger charge is -2.33. The third-order valence-corrected chi connectivity index (χ3v) is 4.26. The van der Waals surface area contributed by atoms with E-state index in [1.165, 1.54) is 18.2 Å². The first-order valence-electron chi connectivity index (χ1n) is 7.67. The van der Waals surface area contributed by atoms with Crippen LogP contribution in [0.4, 0.5) is 4.39 Å². The molecule has 0 spiro atoms. The molecule has 1 aromatic rings. The molecule has 2 heterocycles. The van der Waals surface area contributed by atoms with Crippen LogP contribution in [-0.2, 0) is 9.59 Å². The van der Waals surface area contributed by atoms with E-state index in [4.69, 9.17) is 0 Å². The summed E-state index contributed by atoms with van der Waals surface area (Å²) in [4.78, 5) is 36.7. The highest BCUT2D eigenvalue weighted by molar-refractivity contribution is 6.05. The molecule has 1 aromatic carbocycles. The van der Waals surface area contributed by atoms with Crippen LogP contribution in [0.3, 0.4) is 0 Å². The van der Waals surface area contributed by atoms with E-state index in [9.17, 15) is 18.8 Å². The molecule has 0 aliphatic carbocycles. The molecule has 2 N–H and O–H groups in total. The molecule has 2 aliphatic rings. The average Bonchev–Trinajstić information content (AvgIpc) is 2.85. The van der Waals surface area contributed by atoms with E-state index < -0.39 is 11.9 Å². The maximum atomic E-state index is 13.2. The Kier molecular flexibility index (Phi) is 4.38. The van der Waals surface area contributed by atoms with Gasteiger partial charge in [-0.3, -0.25) is 19.7 Å². The number of nitrogens with zero attached hydrogens (tertiary/aromatic N) is 1. The minimum absolute atomic E-state index is 0.0909. The van der Waals surface area contributed by atoms with E-state index >= 15 is 0 Å². The Bertz CT molecular complexity index is 641. The monoisotopic (exact) mass is 319 g/mol. The largest absolute Gasteiger partial charge is 0.339 e. The smallest absolute Gasteiger partial charge is 0.253 e. The second-order valence-corrected chi connectivity index (χ2v) is 5.91. The maximum absolute atomic E-state index is 13.2. The number of carbonyl (C=O) groups is 3. The first-order valence-corrected chi connectivity index (χ1v) is 7.67. The fraction of sp³-hybridized carbons (Fsp3) is 0.438. The second kappa shape index (κ2) is 6.45. The maximum Gasteiger partial charge on any atom is 0.253 e. The van der Waals surface area contributed by atoms with Gasteiger partial charge < -0.3 is 10.2 Å². The number of carbonyl (C=O) groups excluding carboxylic acids is 3. The van der Waals surface area contributed by atoms with Gasteiger partial charge in [-0.15, -0.1) is 0 Å². The molecule has 2 saturated heterocycles. The number of likely N-dealkylation sites (tertiary alicyclic amines) is 1. The van der Waals surface area contributed by atoms with Crippen molar-refractivity contribution in [3.8, 4) is 0 Å². The minimum atomic E-state index is -0.474. The summed E-state index contributed by atoms with van der Waals surface area (Å²) in [6.45, 7) is 1.07. The van der Waals surface area contributed by atoms with E-state index in [-0.39, 0.29) is 30.2 Å². The molecule has 0 radical (unpaired) electrons. The Morgan fingerprint density at radius 3 is 2.61 bits per heavy atom. The van der Waals surface area contributed by atoms with Crippen LogP contribution in [0.2, 0.25) is 0 Å². The fourth-order valence-electron chi connectivity index (χ4n) is 3.03. The fourth-order valence-corrected chi connectivity index (χ4v) is 3.03. The summed E-state index contributed by atoms with van der Waals surface area (Å²) >= 11 is 0. The van der Waals surface area contributed by atoms with Crippen molar-refractivity contribution in [3.63, 3.8) is 0 Å². The molecular weight excluding hydrogens is 301 g/mol. The van der Waals surface area contributed by atoms with Crippen LogP contribution >= 0.6 is 0 Å². The van der Waals surface area contributed by atoms with Gasteiger partial charge in [0.15, 0.2) is 0 Å². The van der Waals surface area contributed by atoms with Gasteiger partial charge in [-0.2, -0.15) is 0 Å². The number of amides is 3. The molecule has 1 atom stereocenters. The number of rotatable bonds is 3. The summed E-state index contributed by atoms with van der Waals surface area (Å²) in [5, 5.41) is 5.45. The second-order valence-electron chi connectivity index (χ2n) is 5.91. The SMILES string of the molecule is O=C1C[C@H](NC2CCN(C(=O)c3cccc(F)c3)CC2)C(=O)N1. The minimum Gasteiger partial charge on any atom is -0.339 e. The molecule has 0 aromatic heterocycles. The van der Waals surface area contributed by atoms with E-state index in [1.54, 1.807) is 11.0 Å². The number of halogens is 1. The van der Waals surface area contributed by atoms with Gasteiger partial charge in [-0.1, -0.05) is 6.07 Å². The normalized spacial score (nSPS) is 22.3. The lowest BCUT2D eigenvalue weighted by Crippen LogP contribution is -2.49. The van der Waals surface area contributed by atoms with Crippen LogP contribution in [0, 0.1) is 5.82 Å². The van der Waals surface area contributed by atoms with Gasteiger partial charge in [0.2, 0.25) is 11.8 Å². The molecule has 23 heavy (non-hydrogen) atoms. The van der Waals surface area contributed by atoms with Gasteiger partial charge in [-0.05, 0) is 31.0 Å². The van der Waals surface area contributed by atoms with Crippen molar-refractivity contribution >= 4 is 17.7 Å². The first kappa shape index (κ1) is 15.6. The topological polar surface area (TPSA) is 78.5 Å². The third-order valence-electron chi connectivity index (χ3n) is 4.26. The van der Waals surface area contributed by atoms with Crippen LogP contribution in [-0.4, -0.2) is 47.8 Å². The van der Waals surface area contributed by atoms with Crippen molar-refractivity contribution in [1.82, 2.24) is 15.5 Å². The van der Waals surface area contributed by atoms with Crippen molar-refractivity contribution < 1.29 is 18.8 Å². The van der Waals surface area contributed by atoms with Crippen LogP contribution < -0.4 is 10.6 Å². The molecule has 0 unspecified atom stereocenters. The number of hydrogen-bond donors (Lipinski definition) is 2. The summed E-state index contributed by atoms with van der Waals surface area (Å²) in [5.41, 5.74) is 0.345. The zero-order chi connectivity index (χ0) is 16.4. The Balaban J connectivity index is 1.53. The molecular formula is C16H18FN3O3. The highest BCUT2D eigenvalue weighted by Gasteiger charge is 2.33. The lowest BCUT2D eigenvalue weighted by atomic mass is 10.0. The van der Waals surface area contributed by atoms with Gasteiger partial charge in [0.25, 0.3) is 5.91 Å². The summed E-state index contributed by atoms with van der Waals surface area (Å²) in [6.07, 6.45) is 1.55. The van der Waals surface area contributed by atoms with E-state index in [0.717, 1.165) is 0 Å². The first-order chi connectivity index (χ1) is 11.0. The highest BCUT2D eigenvalue weighted by Crippen LogP contribution is 2.16. The van der Waals surface area contributed by atoms with Crippen LogP contribution in [0.15, 0.2) is 24.3 Å². The molecule has 2 aliphatic heterocycles. The molecule has 3 rings (SSSR count). The Hall–Kier alpha value is -2.28. The van der Waals surface area contributed by atoms with E-state index in [2.05, 4.69) is 10.6 Å². The highest BCUT2D eigenvalue weighted by atomic mass is 19.1. The quantitative estimate of drug-likeness (QED) is 0.792. The summed E-state index contributed by atoms with van der Waals surface area (Å²) in [7, 11) is 0. The van der Waals surface area contributed by atoms with Crippen molar-refractivity contribution in [2.24, 2.45) is 0 Å². The zero-order valence-electron chi connectivity index (χ0n) is 12.5. The Morgan fingerprint density at radius 2 is 2.00 bits per heavy atom. The van der Waals surface area contributed by atoms with Gasteiger partial charge in [0.1, 0.15) is 5.82 Å². The van der Waals surface area contributed by atoms with Gasteiger partial charge in [0, 0.05) is 24.7 Å². The van der Waals surface area contributed by atoms with E-state index in [1.807, 2.05) is 0 Å². The average molecular weight is 319 g/mol. The predicted molar refractivity (Wildman–Crippen MR) is 80.0 cm³/mol. The number of piperidine rings is 1. The van der Waals surface area contributed by atoms with Crippen molar-refractivity contribution in [2.75, 3.05) is 13.1 Å². The van der Waals surface area contributed by atoms with Crippen molar-refractivity contribution in [1.29, 1.82) is 0 Å². The van der Waals surface area contributed by atoms with Crippen LogP contribution in [0.25, 0.3) is 0 Å². The Labute approximate surface area is 133 Å². The Morgan fingerprint density at radius 1 is 1.26 bits per heavy atom.